The quantitative estimate of drug-likeness (QED) is 0.285. The minimum absolute atomic E-state index is 0.00973. The van der Waals surface area contributed by atoms with Crippen LogP contribution in [0.15, 0.2) is 65.7 Å². The highest BCUT2D eigenvalue weighted by atomic mass is 16.5. The zero-order valence-electron chi connectivity index (χ0n) is 21.2. The Bertz CT molecular complexity index is 1240. The lowest BCUT2D eigenvalue weighted by Gasteiger charge is -2.19. The molecule has 0 aromatic heterocycles. The van der Waals surface area contributed by atoms with Gasteiger partial charge in [0.25, 0.3) is 0 Å². The molecule has 7 heteroatoms. The van der Waals surface area contributed by atoms with Gasteiger partial charge in [-0.25, -0.2) is 0 Å². The SMILES string of the molecule is CC[C@@H](N=Cc1ccc(OC)c2c1[C@@H](C(=O)OC)[C@@H](c1ccc(OC)c(OC)c1)O2)c1ccccc1. The molecule has 0 bridgehead atoms. The van der Waals surface area contributed by atoms with Crippen LogP contribution >= 0.6 is 0 Å². The van der Waals surface area contributed by atoms with Crippen molar-refractivity contribution in [3.05, 3.63) is 82.9 Å². The predicted molar refractivity (Wildman–Crippen MR) is 138 cm³/mol. The molecule has 7 nitrogen and oxygen atoms in total. The third kappa shape index (κ3) is 4.73. The maximum Gasteiger partial charge on any atom is 0.317 e. The zero-order valence-corrected chi connectivity index (χ0v) is 21.2. The van der Waals surface area contributed by atoms with Crippen molar-refractivity contribution in [3.63, 3.8) is 0 Å². The van der Waals surface area contributed by atoms with Crippen LogP contribution in [0, 0.1) is 0 Å². The summed E-state index contributed by atoms with van der Waals surface area (Å²) in [6.45, 7) is 2.10. The Morgan fingerprint density at radius 1 is 0.944 bits per heavy atom. The molecule has 3 aromatic carbocycles. The van der Waals surface area contributed by atoms with Gasteiger partial charge in [0.15, 0.2) is 23.0 Å². The molecule has 1 aliphatic rings. The van der Waals surface area contributed by atoms with E-state index in [9.17, 15) is 4.79 Å². The monoisotopic (exact) mass is 489 g/mol. The summed E-state index contributed by atoms with van der Waals surface area (Å²) in [5.41, 5.74) is 3.34. The van der Waals surface area contributed by atoms with E-state index < -0.39 is 18.0 Å². The Morgan fingerprint density at radius 3 is 2.28 bits per heavy atom. The van der Waals surface area contributed by atoms with Gasteiger partial charge in [0.1, 0.15) is 12.0 Å². The minimum atomic E-state index is -0.726. The third-order valence-corrected chi connectivity index (χ3v) is 6.43. The first kappa shape index (κ1) is 25.1. The standard InChI is InChI=1S/C29H31NO6/c1-6-21(18-10-8-7-9-11-18)30-17-20-13-15-23(33-3)28-25(20)26(29(31)35-5)27(36-28)19-12-14-22(32-2)24(16-19)34-4/h7-17,21,26-27H,6H2,1-5H3/t21-,26-,27-/m1/s1. The number of esters is 1. The Morgan fingerprint density at radius 2 is 1.64 bits per heavy atom. The second-order valence-corrected chi connectivity index (χ2v) is 8.37. The number of carbonyl (C=O) groups excluding carboxylic acids is 1. The van der Waals surface area contributed by atoms with Crippen molar-refractivity contribution < 1.29 is 28.5 Å². The summed E-state index contributed by atoms with van der Waals surface area (Å²) in [6, 6.07) is 19.3. The first-order valence-electron chi connectivity index (χ1n) is 11.8. The normalized spacial score (nSPS) is 17.2. The molecule has 0 radical (unpaired) electrons. The Balaban J connectivity index is 1.80. The first-order chi connectivity index (χ1) is 17.6. The highest BCUT2D eigenvalue weighted by Gasteiger charge is 2.44. The maximum atomic E-state index is 13.2. The lowest BCUT2D eigenvalue weighted by atomic mass is 9.88. The van der Waals surface area contributed by atoms with Crippen LogP contribution in [-0.4, -0.2) is 40.6 Å². The molecule has 4 rings (SSSR count). The largest absolute Gasteiger partial charge is 0.493 e. The summed E-state index contributed by atoms with van der Waals surface area (Å²) in [4.78, 5) is 18.0. The molecule has 0 unspecified atom stereocenters. The van der Waals surface area contributed by atoms with Crippen LogP contribution in [0.1, 0.15) is 53.7 Å². The van der Waals surface area contributed by atoms with Crippen LogP contribution in [0.2, 0.25) is 0 Å². The van der Waals surface area contributed by atoms with Gasteiger partial charge in [-0.1, -0.05) is 43.3 Å². The fourth-order valence-electron chi connectivity index (χ4n) is 4.59. The number of rotatable bonds is 9. The van der Waals surface area contributed by atoms with E-state index in [2.05, 4.69) is 19.1 Å². The van der Waals surface area contributed by atoms with Gasteiger partial charge in [-0.15, -0.1) is 0 Å². The Kier molecular flexibility index (Phi) is 7.78. The van der Waals surface area contributed by atoms with Crippen molar-refractivity contribution in [1.82, 2.24) is 0 Å². The highest BCUT2D eigenvalue weighted by molar-refractivity contribution is 5.91. The summed E-state index contributed by atoms with van der Waals surface area (Å²) in [7, 11) is 6.10. The molecule has 0 saturated carbocycles. The van der Waals surface area contributed by atoms with Gasteiger partial charge in [-0.05, 0) is 41.8 Å². The summed E-state index contributed by atoms with van der Waals surface area (Å²) in [5, 5.41) is 0. The average molecular weight is 490 g/mol. The number of nitrogens with zero attached hydrogens (tertiary/aromatic N) is 1. The topological polar surface area (TPSA) is 75.6 Å². The first-order valence-corrected chi connectivity index (χ1v) is 11.8. The van der Waals surface area contributed by atoms with Gasteiger partial charge in [0, 0.05) is 17.3 Å². The second kappa shape index (κ2) is 11.2. The molecule has 0 amide bonds. The van der Waals surface area contributed by atoms with Crippen molar-refractivity contribution in [2.45, 2.75) is 31.4 Å². The van der Waals surface area contributed by atoms with Gasteiger partial charge in [-0.3, -0.25) is 9.79 Å². The fourth-order valence-corrected chi connectivity index (χ4v) is 4.59. The van der Waals surface area contributed by atoms with E-state index >= 15 is 0 Å². The summed E-state index contributed by atoms with van der Waals surface area (Å²) in [6.07, 6.45) is 2.01. The molecule has 0 N–H and O–H groups in total. The molecule has 0 fully saturated rings. The van der Waals surface area contributed by atoms with Gasteiger partial charge in [0.05, 0.1) is 34.5 Å². The fraction of sp³-hybridized carbons (Fsp3) is 0.310. The number of ether oxygens (including phenoxy) is 5. The predicted octanol–water partition coefficient (Wildman–Crippen LogP) is 5.67. The lowest BCUT2D eigenvalue weighted by molar-refractivity contribution is -0.144. The van der Waals surface area contributed by atoms with Crippen molar-refractivity contribution in [2.75, 3.05) is 28.4 Å². The highest BCUT2D eigenvalue weighted by Crippen LogP contribution is 2.52. The average Bonchev–Trinajstić information content (AvgIpc) is 3.34. The van der Waals surface area contributed by atoms with Crippen LogP contribution in [0.4, 0.5) is 0 Å². The van der Waals surface area contributed by atoms with Crippen LogP contribution in [0.5, 0.6) is 23.0 Å². The number of benzene rings is 3. The number of fused-ring (bicyclic) bond motifs is 1. The molecule has 0 spiro atoms. The molecule has 3 aromatic rings. The van der Waals surface area contributed by atoms with E-state index in [1.165, 1.54) is 7.11 Å². The number of carbonyl (C=O) groups is 1. The Labute approximate surface area is 211 Å². The van der Waals surface area contributed by atoms with Crippen molar-refractivity contribution >= 4 is 12.2 Å². The summed E-state index contributed by atoms with van der Waals surface area (Å²) >= 11 is 0. The number of methoxy groups -OCH3 is 4. The molecular formula is C29H31NO6. The molecule has 1 aliphatic heterocycles. The number of hydrogen-bond donors (Lipinski definition) is 0. The number of aliphatic imine (C=N–C) groups is 1. The molecule has 3 atom stereocenters. The van der Waals surface area contributed by atoms with Gasteiger partial charge in [0.2, 0.25) is 0 Å². The van der Waals surface area contributed by atoms with Crippen molar-refractivity contribution in [2.24, 2.45) is 4.99 Å². The summed E-state index contributed by atoms with van der Waals surface area (Å²) < 4.78 is 28.1. The maximum absolute atomic E-state index is 13.2. The van der Waals surface area contributed by atoms with Crippen LogP contribution in [0.3, 0.4) is 0 Å². The zero-order chi connectivity index (χ0) is 25.7. The summed E-state index contributed by atoms with van der Waals surface area (Å²) in [5.74, 6) is 1.03. The van der Waals surface area contributed by atoms with Crippen molar-refractivity contribution in [1.29, 1.82) is 0 Å². The van der Waals surface area contributed by atoms with Crippen LogP contribution in [0.25, 0.3) is 0 Å². The van der Waals surface area contributed by atoms with Gasteiger partial charge >= 0.3 is 5.97 Å². The van der Waals surface area contributed by atoms with E-state index in [0.29, 0.717) is 28.6 Å². The molecular weight excluding hydrogens is 458 g/mol. The van der Waals surface area contributed by atoms with Crippen molar-refractivity contribution in [3.8, 4) is 23.0 Å². The molecule has 0 aliphatic carbocycles. The van der Waals surface area contributed by atoms with E-state index in [1.54, 1.807) is 27.4 Å². The van der Waals surface area contributed by atoms with E-state index in [4.69, 9.17) is 28.7 Å². The van der Waals surface area contributed by atoms with Crippen LogP contribution in [-0.2, 0) is 9.53 Å². The third-order valence-electron chi connectivity index (χ3n) is 6.43. The lowest BCUT2D eigenvalue weighted by Crippen LogP contribution is -2.21. The Hall–Kier alpha value is -4.00. The molecule has 1 heterocycles. The molecule has 0 saturated heterocycles. The van der Waals surface area contributed by atoms with E-state index in [1.807, 2.05) is 48.7 Å². The van der Waals surface area contributed by atoms with E-state index in [0.717, 1.165) is 23.1 Å². The number of hydrogen-bond acceptors (Lipinski definition) is 7. The second-order valence-electron chi connectivity index (χ2n) is 8.37. The molecule has 36 heavy (non-hydrogen) atoms. The van der Waals surface area contributed by atoms with E-state index in [-0.39, 0.29) is 6.04 Å². The minimum Gasteiger partial charge on any atom is -0.493 e. The van der Waals surface area contributed by atoms with Gasteiger partial charge in [-0.2, -0.15) is 0 Å². The van der Waals surface area contributed by atoms with Crippen LogP contribution < -0.4 is 18.9 Å². The smallest absolute Gasteiger partial charge is 0.317 e. The van der Waals surface area contributed by atoms with Gasteiger partial charge < -0.3 is 23.7 Å². The molecule has 188 valence electrons.